The second-order valence-corrected chi connectivity index (χ2v) is 12.0. The monoisotopic (exact) mass is 568 g/mol. The lowest BCUT2D eigenvalue weighted by atomic mass is 9.89. The Morgan fingerprint density at radius 2 is 1.73 bits per heavy atom. The van der Waals surface area contributed by atoms with E-state index in [0.717, 1.165) is 15.4 Å². The number of carbonyl (C=O) groups excluding carboxylic acids is 1. The maximum atomic E-state index is 14.0. The van der Waals surface area contributed by atoms with E-state index in [1.54, 1.807) is 24.3 Å². The third-order valence-electron chi connectivity index (χ3n) is 6.63. The summed E-state index contributed by atoms with van der Waals surface area (Å²) in [5.74, 6) is 1.50. The molecule has 3 aromatic carbocycles. The molecule has 214 valence electrons. The van der Waals surface area contributed by atoms with Gasteiger partial charge in [0.2, 0.25) is 5.91 Å². The smallest absolute Gasteiger partial charge is 0.264 e. The van der Waals surface area contributed by atoms with Gasteiger partial charge in [0.25, 0.3) is 10.0 Å². The van der Waals surface area contributed by atoms with Crippen LogP contribution in [-0.4, -0.2) is 47.3 Å². The molecule has 40 heavy (non-hydrogen) atoms. The summed E-state index contributed by atoms with van der Waals surface area (Å²) < 4.78 is 51.3. The number of nitrogens with zero attached hydrogens (tertiary/aromatic N) is 1. The second kappa shape index (κ2) is 11.7. The Hall–Kier alpha value is -3.92. The second-order valence-electron chi connectivity index (χ2n) is 10.2. The molecule has 0 saturated heterocycles. The summed E-state index contributed by atoms with van der Waals surface area (Å²) in [5, 5.41) is 3.05. The van der Waals surface area contributed by atoms with Gasteiger partial charge >= 0.3 is 0 Å². The van der Waals surface area contributed by atoms with Gasteiger partial charge in [-0.2, -0.15) is 0 Å². The molecule has 3 aromatic rings. The highest BCUT2D eigenvalue weighted by molar-refractivity contribution is 7.92. The first-order chi connectivity index (χ1) is 19.0. The fourth-order valence-electron chi connectivity index (χ4n) is 4.75. The van der Waals surface area contributed by atoms with Crippen LogP contribution in [0.3, 0.4) is 0 Å². The van der Waals surface area contributed by atoms with E-state index in [-0.39, 0.29) is 16.7 Å². The molecular weight excluding hydrogens is 532 g/mol. The van der Waals surface area contributed by atoms with Crippen molar-refractivity contribution in [1.82, 2.24) is 5.32 Å². The Morgan fingerprint density at radius 3 is 2.38 bits per heavy atom. The van der Waals surface area contributed by atoms with E-state index < -0.39 is 28.1 Å². The van der Waals surface area contributed by atoms with Crippen molar-refractivity contribution in [3.63, 3.8) is 0 Å². The minimum atomic E-state index is -4.19. The molecular formula is C30H36N2O7S. The summed E-state index contributed by atoms with van der Waals surface area (Å²) in [6.07, 6.45) is 0.528. The Labute approximate surface area is 236 Å². The third kappa shape index (κ3) is 6.28. The zero-order valence-corrected chi connectivity index (χ0v) is 24.5. The Kier molecular flexibility index (Phi) is 8.48. The predicted molar refractivity (Wildman–Crippen MR) is 153 cm³/mol. The number of aryl methyl sites for hydroxylation is 1. The van der Waals surface area contributed by atoms with Crippen LogP contribution in [0.4, 0.5) is 5.69 Å². The highest BCUT2D eigenvalue weighted by atomic mass is 32.2. The van der Waals surface area contributed by atoms with Crippen molar-refractivity contribution in [2.45, 2.75) is 50.7 Å². The van der Waals surface area contributed by atoms with Gasteiger partial charge in [-0.1, -0.05) is 12.1 Å². The molecule has 1 aliphatic rings. The molecule has 0 bridgehead atoms. The molecule has 0 fully saturated rings. The largest absolute Gasteiger partial charge is 0.494 e. The van der Waals surface area contributed by atoms with Gasteiger partial charge in [0.1, 0.15) is 23.6 Å². The number of ether oxygens (including phenoxy) is 4. The number of amides is 1. The lowest BCUT2D eigenvalue weighted by Gasteiger charge is -2.38. The molecule has 1 amide bonds. The Balaban J connectivity index is 1.68. The van der Waals surface area contributed by atoms with Crippen LogP contribution in [0.2, 0.25) is 0 Å². The summed E-state index contributed by atoms with van der Waals surface area (Å²) in [6, 6.07) is 16.4. The average Bonchev–Trinajstić information content (AvgIpc) is 2.91. The lowest BCUT2D eigenvalue weighted by molar-refractivity contribution is -0.120. The van der Waals surface area contributed by atoms with Crippen LogP contribution in [0.15, 0.2) is 65.6 Å². The van der Waals surface area contributed by atoms with Crippen molar-refractivity contribution in [3.8, 4) is 23.0 Å². The van der Waals surface area contributed by atoms with Crippen molar-refractivity contribution in [2.75, 3.05) is 31.7 Å². The molecule has 0 spiro atoms. The van der Waals surface area contributed by atoms with Crippen LogP contribution >= 0.6 is 0 Å². The molecule has 0 aromatic heterocycles. The van der Waals surface area contributed by atoms with E-state index >= 15 is 0 Å². The van der Waals surface area contributed by atoms with E-state index in [1.165, 1.54) is 32.4 Å². The molecule has 4 rings (SSSR count). The van der Waals surface area contributed by atoms with Crippen LogP contribution in [0.5, 0.6) is 23.0 Å². The standard InChI is InChI=1S/C30H36N2O7S/c1-7-38-22-11-9-21(10-12-22)32(40(34,35)23-13-15-26(36-5)28(17-23)37-6)19-29(33)31-25-18-30(3,4)39-27-16-20(2)8-14-24(25)27/h8-17,25H,7,18-19H2,1-6H3,(H,31,33). The van der Waals surface area contributed by atoms with Crippen LogP contribution in [0.25, 0.3) is 0 Å². The van der Waals surface area contributed by atoms with E-state index in [9.17, 15) is 13.2 Å². The van der Waals surface area contributed by atoms with E-state index in [2.05, 4.69) is 5.32 Å². The highest BCUT2D eigenvalue weighted by Gasteiger charge is 2.36. The van der Waals surface area contributed by atoms with E-state index in [0.29, 0.717) is 36.0 Å². The zero-order valence-electron chi connectivity index (χ0n) is 23.7. The van der Waals surface area contributed by atoms with Gasteiger partial charge in [0, 0.05) is 18.1 Å². The molecule has 1 N–H and O–H groups in total. The van der Waals surface area contributed by atoms with Crippen molar-refractivity contribution >= 4 is 21.6 Å². The lowest BCUT2D eigenvalue weighted by Crippen LogP contribution is -2.45. The minimum Gasteiger partial charge on any atom is -0.494 e. The minimum absolute atomic E-state index is 0.0418. The number of benzene rings is 3. The maximum Gasteiger partial charge on any atom is 0.264 e. The van der Waals surface area contributed by atoms with E-state index in [4.69, 9.17) is 18.9 Å². The molecule has 10 heteroatoms. The number of rotatable bonds is 10. The number of hydrogen-bond acceptors (Lipinski definition) is 7. The Morgan fingerprint density at radius 1 is 1.02 bits per heavy atom. The molecule has 1 aliphatic heterocycles. The summed E-state index contributed by atoms with van der Waals surface area (Å²) in [6.45, 7) is 7.80. The van der Waals surface area contributed by atoms with Crippen LogP contribution in [0.1, 0.15) is 44.4 Å². The van der Waals surface area contributed by atoms with Gasteiger partial charge in [0.15, 0.2) is 11.5 Å². The van der Waals surface area contributed by atoms with Crippen LogP contribution in [0, 0.1) is 6.92 Å². The maximum absolute atomic E-state index is 14.0. The van der Waals surface area contributed by atoms with Crippen LogP contribution in [-0.2, 0) is 14.8 Å². The SMILES string of the molecule is CCOc1ccc(N(CC(=O)NC2CC(C)(C)Oc3cc(C)ccc32)S(=O)(=O)c2ccc(OC)c(OC)c2)cc1. The molecule has 0 saturated carbocycles. The third-order valence-corrected chi connectivity index (χ3v) is 8.40. The number of carbonyl (C=O) groups is 1. The number of fused-ring (bicyclic) bond motifs is 1. The van der Waals surface area contributed by atoms with Crippen molar-refractivity contribution in [3.05, 3.63) is 71.8 Å². The van der Waals surface area contributed by atoms with Crippen molar-refractivity contribution < 1.29 is 32.2 Å². The number of nitrogens with one attached hydrogen (secondary N) is 1. The first-order valence-corrected chi connectivity index (χ1v) is 14.5. The molecule has 1 atom stereocenters. The highest BCUT2D eigenvalue weighted by Crippen LogP contribution is 2.40. The average molecular weight is 569 g/mol. The van der Waals surface area contributed by atoms with Crippen molar-refractivity contribution in [1.29, 1.82) is 0 Å². The molecule has 1 heterocycles. The van der Waals surface area contributed by atoms with Gasteiger partial charge in [-0.15, -0.1) is 0 Å². The fourth-order valence-corrected chi connectivity index (χ4v) is 6.19. The van der Waals surface area contributed by atoms with Gasteiger partial charge in [0.05, 0.1) is 37.5 Å². The number of sulfonamides is 1. The number of methoxy groups -OCH3 is 2. The van der Waals surface area contributed by atoms with Gasteiger partial charge in [-0.25, -0.2) is 8.42 Å². The summed E-state index contributed by atoms with van der Waals surface area (Å²) in [7, 11) is -1.29. The summed E-state index contributed by atoms with van der Waals surface area (Å²) in [4.78, 5) is 13.5. The van der Waals surface area contributed by atoms with Gasteiger partial charge < -0.3 is 24.3 Å². The summed E-state index contributed by atoms with van der Waals surface area (Å²) >= 11 is 0. The zero-order chi connectivity index (χ0) is 29.1. The van der Waals surface area contributed by atoms with Crippen molar-refractivity contribution in [2.24, 2.45) is 0 Å². The number of anilines is 1. The molecule has 1 unspecified atom stereocenters. The van der Waals surface area contributed by atoms with Gasteiger partial charge in [-0.05, 0) is 75.7 Å². The molecule has 0 aliphatic carbocycles. The summed E-state index contributed by atoms with van der Waals surface area (Å²) in [5.41, 5.74) is 1.70. The fraction of sp³-hybridized carbons (Fsp3) is 0.367. The first-order valence-electron chi connectivity index (χ1n) is 13.0. The quantitative estimate of drug-likeness (QED) is 0.366. The van der Waals surface area contributed by atoms with E-state index in [1.807, 2.05) is 45.9 Å². The first kappa shape index (κ1) is 29.1. The number of hydrogen-bond donors (Lipinski definition) is 1. The predicted octanol–water partition coefficient (Wildman–Crippen LogP) is 5.02. The normalized spacial score (nSPS) is 15.8. The van der Waals surface area contributed by atoms with Gasteiger partial charge in [-0.3, -0.25) is 9.10 Å². The topological polar surface area (TPSA) is 103 Å². The Bertz CT molecular complexity index is 1470. The molecule has 0 radical (unpaired) electrons. The molecule has 9 nitrogen and oxygen atoms in total. The van der Waals surface area contributed by atoms with Crippen LogP contribution < -0.4 is 28.6 Å².